The first-order valence-corrected chi connectivity index (χ1v) is 7.43. The number of nitrogens with zero attached hydrogens (tertiary/aromatic N) is 1. The van der Waals surface area contributed by atoms with Crippen molar-refractivity contribution >= 4 is 17.4 Å². The fourth-order valence-corrected chi connectivity index (χ4v) is 2.57. The molecule has 7 nitrogen and oxygen atoms in total. The van der Waals surface area contributed by atoms with Gasteiger partial charge in [-0.2, -0.15) is 0 Å². The maximum absolute atomic E-state index is 12.4. The van der Waals surface area contributed by atoms with Crippen LogP contribution >= 0.6 is 0 Å². The van der Waals surface area contributed by atoms with Gasteiger partial charge in [0.25, 0.3) is 5.91 Å². The third-order valence-corrected chi connectivity index (χ3v) is 3.89. The summed E-state index contributed by atoms with van der Waals surface area (Å²) in [6.45, 7) is 3.57. The Kier molecular flexibility index (Phi) is 5.02. The number of Topliss-reactive ketones (excluding diaryl/α,β-unsaturated/α-hetero) is 1. The van der Waals surface area contributed by atoms with Crippen LogP contribution in [0.25, 0.3) is 5.76 Å². The van der Waals surface area contributed by atoms with Gasteiger partial charge in [0.05, 0.1) is 33.4 Å². The Morgan fingerprint density at radius 3 is 2.04 bits per heavy atom. The van der Waals surface area contributed by atoms with Gasteiger partial charge in [-0.05, 0) is 19.9 Å². The highest BCUT2D eigenvalue weighted by Gasteiger charge is 2.38. The van der Waals surface area contributed by atoms with Gasteiger partial charge in [-0.15, -0.1) is 0 Å². The summed E-state index contributed by atoms with van der Waals surface area (Å²) in [6.07, 6.45) is 0. The van der Waals surface area contributed by atoms with Crippen LogP contribution in [0.15, 0.2) is 17.7 Å². The van der Waals surface area contributed by atoms with Crippen LogP contribution in [-0.4, -0.2) is 55.6 Å². The summed E-state index contributed by atoms with van der Waals surface area (Å²) in [5.41, 5.74) is -0.0494. The van der Waals surface area contributed by atoms with Gasteiger partial charge in [-0.3, -0.25) is 9.59 Å². The molecular weight excluding hydrogens is 314 g/mol. The second-order valence-electron chi connectivity index (χ2n) is 5.58. The SMILES string of the molecule is COc1cc(OC)c(/C(O)=C2\C(=O)CN(C(C)C)C2=O)cc1OC. The van der Waals surface area contributed by atoms with Gasteiger partial charge < -0.3 is 24.2 Å². The van der Waals surface area contributed by atoms with Crippen molar-refractivity contribution in [1.82, 2.24) is 4.90 Å². The molecule has 1 aliphatic rings. The number of carbonyl (C=O) groups is 2. The lowest BCUT2D eigenvalue weighted by Crippen LogP contribution is -2.32. The molecule has 0 aromatic heterocycles. The number of rotatable bonds is 5. The highest BCUT2D eigenvalue weighted by atomic mass is 16.5. The predicted molar refractivity (Wildman–Crippen MR) is 87.5 cm³/mol. The van der Waals surface area contributed by atoms with E-state index in [1.54, 1.807) is 0 Å². The normalized spacial score (nSPS) is 16.7. The average Bonchev–Trinajstić information content (AvgIpc) is 2.87. The Hall–Kier alpha value is -2.70. The van der Waals surface area contributed by atoms with E-state index in [0.29, 0.717) is 11.5 Å². The first-order chi connectivity index (χ1) is 11.3. The zero-order chi connectivity index (χ0) is 18.0. The van der Waals surface area contributed by atoms with Crippen molar-refractivity contribution in [1.29, 1.82) is 0 Å². The van der Waals surface area contributed by atoms with Crippen LogP contribution in [-0.2, 0) is 9.59 Å². The van der Waals surface area contributed by atoms with Crippen LogP contribution in [0.4, 0.5) is 0 Å². The molecule has 0 bridgehead atoms. The zero-order valence-corrected chi connectivity index (χ0v) is 14.4. The molecule has 1 aromatic rings. The average molecular weight is 335 g/mol. The van der Waals surface area contributed by atoms with E-state index in [2.05, 4.69) is 0 Å². The first-order valence-electron chi connectivity index (χ1n) is 7.43. The summed E-state index contributed by atoms with van der Waals surface area (Å²) in [7, 11) is 4.34. The zero-order valence-electron chi connectivity index (χ0n) is 14.4. The van der Waals surface area contributed by atoms with Gasteiger partial charge in [0.2, 0.25) is 0 Å². The Labute approximate surface area is 140 Å². The smallest absolute Gasteiger partial charge is 0.262 e. The van der Waals surface area contributed by atoms with Crippen LogP contribution in [0.5, 0.6) is 17.2 Å². The number of aliphatic hydroxyl groups excluding tert-OH is 1. The Balaban J connectivity index is 2.62. The van der Waals surface area contributed by atoms with E-state index in [1.165, 1.54) is 38.4 Å². The quantitative estimate of drug-likeness (QED) is 0.502. The van der Waals surface area contributed by atoms with Crippen molar-refractivity contribution in [2.75, 3.05) is 27.9 Å². The molecule has 7 heteroatoms. The number of aliphatic hydroxyl groups is 1. The molecule has 1 N–H and O–H groups in total. The van der Waals surface area contributed by atoms with Gasteiger partial charge in [0.1, 0.15) is 17.1 Å². The number of ether oxygens (including phenoxy) is 3. The van der Waals surface area contributed by atoms with E-state index in [9.17, 15) is 14.7 Å². The summed E-state index contributed by atoms with van der Waals surface area (Å²) in [5.74, 6) is -0.331. The molecular formula is C17H21NO6. The molecule has 0 radical (unpaired) electrons. The number of likely N-dealkylation sites (tertiary alicyclic amines) is 1. The molecule has 0 atom stereocenters. The number of hydrogen-bond donors (Lipinski definition) is 1. The molecule has 2 rings (SSSR count). The van der Waals surface area contributed by atoms with Crippen molar-refractivity contribution in [3.05, 3.63) is 23.3 Å². The minimum Gasteiger partial charge on any atom is -0.506 e. The van der Waals surface area contributed by atoms with Gasteiger partial charge in [0.15, 0.2) is 17.3 Å². The fourth-order valence-electron chi connectivity index (χ4n) is 2.57. The number of methoxy groups -OCH3 is 3. The lowest BCUT2D eigenvalue weighted by atomic mass is 10.0. The maximum atomic E-state index is 12.4. The van der Waals surface area contributed by atoms with Crippen molar-refractivity contribution in [3.8, 4) is 17.2 Å². The monoisotopic (exact) mass is 335 g/mol. The van der Waals surface area contributed by atoms with Crippen molar-refractivity contribution < 1.29 is 28.9 Å². The van der Waals surface area contributed by atoms with Crippen LogP contribution < -0.4 is 14.2 Å². The van der Waals surface area contributed by atoms with E-state index in [-0.39, 0.29) is 29.5 Å². The van der Waals surface area contributed by atoms with Crippen molar-refractivity contribution in [2.45, 2.75) is 19.9 Å². The Bertz CT molecular complexity index is 707. The number of amides is 1. The molecule has 1 aromatic carbocycles. The second-order valence-corrected chi connectivity index (χ2v) is 5.58. The van der Waals surface area contributed by atoms with E-state index in [1.807, 2.05) is 13.8 Å². The number of hydrogen-bond acceptors (Lipinski definition) is 6. The molecule has 0 spiro atoms. The number of carbonyl (C=O) groups excluding carboxylic acids is 2. The summed E-state index contributed by atoms with van der Waals surface area (Å²) in [6, 6.07) is 2.85. The predicted octanol–water partition coefficient (Wildman–Crippen LogP) is 1.80. The summed E-state index contributed by atoms with van der Waals surface area (Å²) in [4.78, 5) is 26.1. The molecule has 0 unspecified atom stereocenters. The second kappa shape index (κ2) is 6.82. The molecule has 1 saturated heterocycles. The standard InChI is InChI=1S/C17H21NO6/c1-9(2)18-8-11(19)15(17(18)21)16(20)10-6-13(23-4)14(24-5)7-12(10)22-3/h6-7,9,20H,8H2,1-5H3/b16-15-. The van der Waals surface area contributed by atoms with E-state index < -0.39 is 17.4 Å². The maximum Gasteiger partial charge on any atom is 0.262 e. The van der Waals surface area contributed by atoms with Crippen molar-refractivity contribution in [3.63, 3.8) is 0 Å². The highest BCUT2D eigenvalue weighted by molar-refractivity contribution is 6.29. The van der Waals surface area contributed by atoms with Crippen molar-refractivity contribution in [2.24, 2.45) is 0 Å². The minimum atomic E-state index is -0.496. The first kappa shape index (κ1) is 17.7. The van der Waals surface area contributed by atoms with Gasteiger partial charge >= 0.3 is 0 Å². The topological polar surface area (TPSA) is 85.3 Å². The Morgan fingerprint density at radius 2 is 1.58 bits per heavy atom. The fraction of sp³-hybridized carbons (Fsp3) is 0.412. The molecule has 1 aliphatic heterocycles. The summed E-state index contributed by atoms with van der Waals surface area (Å²) >= 11 is 0. The minimum absolute atomic E-state index is 0.0501. The van der Waals surface area contributed by atoms with Crippen LogP contribution in [0.1, 0.15) is 19.4 Å². The molecule has 1 fully saturated rings. The molecule has 0 aliphatic carbocycles. The molecule has 24 heavy (non-hydrogen) atoms. The Morgan fingerprint density at radius 1 is 1.04 bits per heavy atom. The third-order valence-electron chi connectivity index (χ3n) is 3.89. The summed E-state index contributed by atoms with van der Waals surface area (Å²) < 4.78 is 15.6. The third kappa shape index (κ3) is 2.89. The lowest BCUT2D eigenvalue weighted by molar-refractivity contribution is -0.126. The molecule has 1 amide bonds. The lowest BCUT2D eigenvalue weighted by Gasteiger charge is -2.18. The van der Waals surface area contributed by atoms with Crippen LogP contribution in [0.3, 0.4) is 0 Å². The molecule has 0 saturated carbocycles. The van der Waals surface area contributed by atoms with Crippen LogP contribution in [0, 0.1) is 0 Å². The van der Waals surface area contributed by atoms with Gasteiger partial charge in [-0.1, -0.05) is 0 Å². The summed E-state index contributed by atoms with van der Waals surface area (Å²) in [5, 5.41) is 10.6. The number of benzene rings is 1. The van der Waals surface area contributed by atoms with E-state index >= 15 is 0 Å². The molecule has 130 valence electrons. The molecule has 1 heterocycles. The largest absolute Gasteiger partial charge is 0.506 e. The van der Waals surface area contributed by atoms with Gasteiger partial charge in [0, 0.05) is 12.1 Å². The van der Waals surface area contributed by atoms with Crippen LogP contribution in [0.2, 0.25) is 0 Å². The van der Waals surface area contributed by atoms with E-state index in [4.69, 9.17) is 14.2 Å². The number of ketones is 1. The van der Waals surface area contributed by atoms with E-state index in [0.717, 1.165) is 0 Å². The highest BCUT2D eigenvalue weighted by Crippen LogP contribution is 2.38. The van der Waals surface area contributed by atoms with Gasteiger partial charge in [-0.25, -0.2) is 0 Å².